The van der Waals surface area contributed by atoms with Crippen LogP contribution in [-0.4, -0.2) is 23.2 Å². The van der Waals surface area contributed by atoms with Crippen LogP contribution in [0.3, 0.4) is 0 Å². The average molecular weight is 273 g/mol. The minimum Gasteiger partial charge on any atom is -0.374 e. The fourth-order valence-corrected chi connectivity index (χ4v) is 1.99. The summed E-state index contributed by atoms with van der Waals surface area (Å²) in [6.07, 6.45) is 0.747. The molecule has 0 aliphatic carbocycles. The maximum Gasteiger partial charge on any atom is 0.0705 e. The van der Waals surface area contributed by atoms with Crippen LogP contribution in [0.25, 0.3) is 10.9 Å². The van der Waals surface area contributed by atoms with E-state index in [4.69, 9.17) is 10.6 Å². The third kappa shape index (κ3) is 4.27. The Kier molecular flexibility index (Phi) is 4.70. The van der Waals surface area contributed by atoms with Gasteiger partial charge in [0.05, 0.1) is 17.7 Å². The summed E-state index contributed by atoms with van der Waals surface area (Å²) in [7, 11) is 0. The molecular weight excluding hydrogens is 250 g/mol. The molecule has 1 aromatic heterocycles. The summed E-state index contributed by atoms with van der Waals surface area (Å²) >= 11 is 0. The van der Waals surface area contributed by atoms with Crippen LogP contribution in [0.15, 0.2) is 36.4 Å². The molecule has 0 saturated heterocycles. The second kappa shape index (κ2) is 6.31. The SMILES string of the molecule is CC(C)(C)OCC(Cc1ccc2ccccc2n1)NN. The lowest BCUT2D eigenvalue weighted by Gasteiger charge is -2.24. The van der Waals surface area contributed by atoms with Gasteiger partial charge in [0.25, 0.3) is 0 Å². The van der Waals surface area contributed by atoms with Crippen LogP contribution in [-0.2, 0) is 11.2 Å². The van der Waals surface area contributed by atoms with Gasteiger partial charge in [0.1, 0.15) is 0 Å². The van der Waals surface area contributed by atoms with Crippen molar-refractivity contribution >= 4 is 10.9 Å². The molecule has 1 atom stereocenters. The molecule has 0 saturated carbocycles. The van der Waals surface area contributed by atoms with E-state index in [1.807, 2.05) is 45.0 Å². The van der Waals surface area contributed by atoms with Gasteiger partial charge in [-0.3, -0.25) is 16.3 Å². The highest BCUT2D eigenvalue weighted by molar-refractivity contribution is 5.78. The first-order valence-electron chi connectivity index (χ1n) is 6.93. The molecule has 0 aliphatic heterocycles. The van der Waals surface area contributed by atoms with Gasteiger partial charge in [-0.05, 0) is 32.9 Å². The van der Waals surface area contributed by atoms with Gasteiger partial charge in [0.15, 0.2) is 0 Å². The normalized spacial score (nSPS) is 13.6. The third-order valence-electron chi connectivity index (χ3n) is 3.06. The van der Waals surface area contributed by atoms with Gasteiger partial charge in [-0.1, -0.05) is 24.3 Å². The van der Waals surface area contributed by atoms with Gasteiger partial charge in [-0.15, -0.1) is 0 Å². The number of nitrogens with one attached hydrogen (secondary N) is 1. The maximum atomic E-state index is 5.77. The number of hydrogen-bond acceptors (Lipinski definition) is 4. The Morgan fingerprint density at radius 3 is 2.65 bits per heavy atom. The lowest BCUT2D eigenvalue weighted by molar-refractivity contribution is -0.0144. The van der Waals surface area contributed by atoms with E-state index < -0.39 is 0 Å². The Bertz CT molecular complexity index is 563. The van der Waals surface area contributed by atoms with Crippen molar-refractivity contribution in [2.45, 2.75) is 38.8 Å². The number of pyridine rings is 1. The van der Waals surface area contributed by atoms with E-state index in [1.165, 1.54) is 0 Å². The number of hydrogen-bond donors (Lipinski definition) is 2. The predicted molar refractivity (Wildman–Crippen MR) is 82.3 cm³/mol. The van der Waals surface area contributed by atoms with Crippen molar-refractivity contribution in [3.8, 4) is 0 Å². The molecule has 1 unspecified atom stereocenters. The number of rotatable bonds is 5. The highest BCUT2D eigenvalue weighted by Crippen LogP contribution is 2.13. The van der Waals surface area contributed by atoms with Crippen LogP contribution in [0, 0.1) is 0 Å². The van der Waals surface area contributed by atoms with Crippen LogP contribution in [0.1, 0.15) is 26.5 Å². The largest absolute Gasteiger partial charge is 0.374 e. The van der Waals surface area contributed by atoms with Crippen LogP contribution in [0.5, 0.6) is 0 Å². The number of nitrogens with zero attached hydrogens (tertiary/aromatic N) is 1. The van der Waals surface area contributed by atoms with Crippen molar-refractivity contribution in [2.24, 2.45) is 5.84 Å². The second-order valence-corrected chi connectivity index (χ2v) is 5.99. The Labute approximate surface area is 120 Å². The average Bonchev–Trinajstić information content (AvgIpc) is 2.42. The summed E-state index contributed by atoms with van der Waals surface area (Å²) in [6, 6.07) is 12.3. The number of benzene rings is 1. The molecule has 0 bridgehead atoms. The number of hydrazine groups is 1. The van der Waals surface area contributed by atoms with Crippen LogP contribution >= 0.6 is 0 Å². The molecule has 0 spiro atoms. The predicted octanol–water partition coefficient (Wildman–Crippen LogP) is 2.42. The zero-order valence-electron chi connectivity index (χ0n) is 12.4. The molecule has 4 heteroatoms. The molecule has 2 aromatic rings. The Morgan fingerprint density at radius 2 is 1.95 bits per heavy atom. The highest BCUT2D eigenvalue weighted by atomic mass is 16.5. The maximum absolute atomic E-state index is 5.77. The smallest absolute Gasteiger partial charge is 0.0705 e. The first-order valence-corrected chi connectivity index (χ1v) is 6.93. The molecule has 1 heterocycles. The van der Waals surface area contributed by atoms with E-state index in [1.54, 1.807) is 0 Å². The van der Waals surface area contributed by atoms with Gasteiger partial charge in [-0.2, -0.15) is 0 Å². The minimum absolute atomic E-state index is 0.0582. The van der Waals surface area contributed by atoms with Crippen molar-refractivity contribution < 1.29 is 4.74 Å². The summed E-state index contributed by atoms with van der Waals surface area (Å²) in [5.74, 6) is 5.60. The van der Waals surface area contributed by atoms with E-state index in [0.29, 0.717) is 6.61 Å². The van der Waals surface area contributed by atoms with Crippen molar-refractivity contribution in [2.75, 3.05) is 6.61 Å². The van der Waals surface area contributed by atoms with Crippen LogP contribution in [0.4, 0.5) is 0 Å². The van der Waals surface area contributed by atoms with E-state index >= 15 is 0 Å². The number of nitrogens with two attached hydrogens (primary N) is 1. The molecule has 2 rings (SSSR count). The molecular formula is C16H23N3O. The fourth-order valence-electron chi connectivity index (χ4n) is 1.99. The van der Waals surface area contributed by atoms with Crippen LogP contribution in [0.2, 0.25) is 0 Å². The van der Waals surface area contributed by atoms with Gasteiger partial charge < -0.3 is 4.74 Å². The number of fused-ring (bicyclic) bond motifs is 1. The summed E-state index contributed by atoms with van der Waals surface area (Å²) < 4.78 is 5.77. The molecule has 0 fully saturated rings. The summed E-state index contributed by atoms with van der Waals surface area (Å²) in [4.78, 5) is 4.66. The summed E-state index contributed by atoms with van der Waals surface area (Å²) in [5.41, 5.74) is 4.67. The first kappa shape index (κ1) is 14.9. The Balaban J connectivity index is 2.05. The molecule has 108 valence electrons. The molecule has 1 aromatic carbocycles. The van der Waals surface area contributed by atoms with E-state index in [0.717, 1.165) is 23.0 Å². The van der Waals surface area contributed by atoms with Crippen molar-refractivity contribution in [3.05, 3.63) is 42.1 Å². The van der Waals surface area contributed by atoms with Gasteiger partial charge >= 0.3 is 0 Å². The summed E-state index contributed by atoms with van der Waals surface area (Å²) in [5, 5.41) is 1.15. The minimum atomic E-state index is -0.161. The van der Waals surface area contributed by atoms with Crippen molar-refractivity contribution in [1.82, 2.24) is 10.4 Å². The van der Waals surface area contributed by atoms with E-state index in [2.05, 4.69) is 22.5 Å². The standard InChI is InChI=1S/C16H23N3O/c1-16(2,3)20-11-14(19-17)10-13-9-8-12-6-4-5-7-15(12)18-13/h4-9,14,19H,10-11,17H2,1-3H3. The van der Waals surface area contributed by atoms with Gasteiger partial charge in [0.2, 0.25) is 0 Å². The summed E-state index contributed by atoms with van der Waals surface area (Å²) in [6.45, 7) is 6.67. The zero-order valence-corrected chi connectivity index (χ0v) is 12.4. The van der Waals surface area contributed by atoms with Crippen LogP contribution < -0.4 is 11.3 Å². The lowest BCUT2D eigenvalue weighted by atomic mass is 10.1. The lowest BCUT2D eigenvalue weighted by Crippen LogP contribution is -2.42. The van der Waals surface area contributed by atoms with E-state index in [9.17, 15) is 0 Å². The topological polar surface area (TPSA) is 60.2 Å². The van der Waals surface area contributed by atoms with E-state index in [-0.39, 0.29) is 11.6 Å². The number of ether oxygens (including phenoxy) is 1. The number of para-hydroxylation sites is 1. The molecule has 20 heavy (non-hydrogen) atoms. The molecule has 0 aliphatic rings. The number of aromatic nitrogens is 1. The monoisotopic (exact) mass is 273 g/mol. The second-order valence-electron chi connectivity index (χ2n) is 5.99. The highest BCUT2D eigenvalue weighted by Gasteiger charge is 2.15. The molecule has 3 N–H and O–H groups in total. The van der Waals surface area contributed by atoms with Gasteiger partial charge in [0, 0.05) is 23.5 Å². The Morgan fingerprint density at radius 1 is 1.20 bits per heavy atom. The quantitative estimate of drug-likeness (QED) is 0.649. The molecule has 0 radical (unpaired) electrons. The Hall–Kier alpha value is -1.49. The molecule has 4 nitrogen and oxygen atoms in total. The zero-order chi connectivity index (χ0) is 14.6. The fraction of sp³-hybridized carbons (Fsp3) is 0.438. The van der Waals surface area contributed by atoms with Crippen molar-refractivity contribution in [1.29, 1.82) is 0 Å². The third-order valence-corrected chi connectivity index (χ3v) is 3.06. The van der Waals surface area contributed by atoms with Crippen molar-refractivity contribution in [3.63, 3.8) is 0 Å². The molecule has 0 amide bonds. The first-order chi connectivity index (χ1) is 9.48. The van der Waals surface area contributed by atoms with Gasteiger partial charge in [-0.25, -0.2) is 0 Å².